The van der Waals surface area contributed by atoms with Crippen LogP contribution in [0.5, 0.6) is 0 Å². The molecular weight excluding hydrogens is 402 g/mol. The molecule has 4 aliphatic heterocycles. The Balaban J connectivity index is 1.17. The van der Waals surface area contributed by atoms with Crippen LogP contribution in [0.1, 0.15) is 61.9 Å². The van der Waals surface area contributed by atoms with Crippen LogP contribution >= 0.6 is 11.8 Å². The molecule has 6 heteroatoms. The van der Waals surface area contributed by atoms with Gasteiger partial charge in [0.25, 0.3) is 0 Å². The predicted molar refractivity (Wildman–Crippen MR) is 129 cm³/mol. The third-order valence-electron chi connectivity index (χ3n) is 7.26. The first-order valence-electron chi connectivity index (χ1n) is 12.0. The zero-order valence-electron chi connectivity index (χ0n) is 18.7. The Morgan fingerprint density at radius 3 is 2.45 bits per heavy atom. The average molecular weight is 438 g/mol. The van der Waals surface area contributed by atoms with Crippen molar-refractivity contribution in [3.8, 4) is 0 Å². The molecule has 6 rings (SSSR count). The fraction of sp³-hybridized carbons (Fsp3) is 0.600. The Bertz CT molecular complexity index is 876. The Morgan fingerprint density at radius 1 is 1.03 bits per heavy atom. The lowest BCUT2D eigenvalue weighted by Crippen LogP contribution is -2.48. The number of aromatic nitrogens is 3. The van der Waals surface area contributed by atoms with E-state index < -0.39 is 0 Å². The summed E-state index contributed by atoms with van der Waals surface area (Å²) in [6, 6.07) is 9.71. The molecule has 0 aliphatic carbocycles. The van der Waals surface area contributed by atoms with Crippen molar-refractivity contribution in [1.29, 1.82) is 0 Å². The molecule has 0 N–H and O–H groups in total. The highest BCUT2D eigenvalue weighted by Crippen LogP contribution is 2.36. The molecule has 166 valence electrons. The fourth-order valence-electron chi connectivity index (χ4n) is 5.37. The number of allylic oxidation sites excluding steroid dienone is 1. The van der Waals surface area contributed by atoms with Crippen molar-refractivity contribution in [1.82, 2.24) is 24.8 Å². The molecule has 5 heterocycles. The maximum atomic E-state index is 4.54. The Morgan fingerprint density at radius 2 is 1.77 bits per heavy atom. The molecule has 2 aromatic rings. The van der Waals surface area contributed by atoms with E-state index in [0.717, 1.165) is 30.5 Å². The molecule has 0 amide bonds. The van der Waals surface area contributed by atoms with E-state index in [1.807, 2.05) is 11.8 Å². The summed E-state index contributed by atoms with van der Waals surface area (Å²) in [5, 5.41) is 9.07. The molecule has 1 aromatic heterocycles. The third-order valence-corrected chi connectivity index (χ3v) is 8.49. The van der Waals surface area contributed by atoms with Gasteiger partial charge in [0, 0.05) is 23.7 Å². The summed E-state index contributed by atoms with van der Waals surface area (Å²) < 4.78 is 2.14. The molecule has 1 unspecified atom stereocenters. The number of thioether (sulfide) groups is 1. The number of hydrogen-bond donors (Lipinski definition) is 0. The monoisotopic (exact) mass is 437 g/mol. The van der Waals surface area contributed by atoms with Gasteiger partial charge in [-0.15, -0.1) is 16.9 Å². The molecule has 4 fully saturated rings. The molecule has 4 saturated heterocycles. The summed E-state index contributed by atoms with van der Waals surface area (Å²) in [6.45, 7) is 9.36. The Hall–Kier alpha value is -1.63. The first-order valence-corrected chi connectivity index (χ1v) is 13.0. The second kappa shape index (κ2) is 9.88. The summed E-state index contributed by atoms with van der Waals surface area (Å²) in [4.78, 5) is 6.39. The van der Waals surface area contributed by atoms with Crippen molar-refractivity contribution in [2.45, 2.75) is 57.4 Å². The van der Waals surface area contributed by atoms with Crippen LogP contribution < -0.4 is 0 Å². The van der Waals surface area contributed by atoms with E-state index >= 15 is 0 Å². The minimum atomic E-state index is 0.499. The number of nitrogens with zero attached hydrogens (tertiary/aromatic N) is 5. The van der Waals surface area contributed by atoms with Gasteiger partial charge < -0.3 is 4.90 Å². The number of benzene rings is 1. The number of likely N-dealkylation sites (tertiary alicyclic amines) is 1. The Labute approximate surface area is 190 Å². The van der Waals surface area contributed by atoms with Crippen LogP contribution in [0, 0.1) is 5.92 Å². The smallest absolute Gasteiger partial charge is 0.119 e. The van der Waals surface area contributed by atoms with E-state index in [1.54, 1.807) is 0 Å². The molecule has 1 aromatic carbocycles. The fourth-order valence-corrected chi connectivity index (χ4v) is 6.29. The van der Waals surface area contributed by atoms with Gasteiger partial charge in [-0.25, -0.2) is 4.68 Å². The SMILES string of the molecule is C/C=C(\SCc1ccc(CN2CCCCC2)cc1)c1cn(C2CN3CCC2CC3)nn1. The number of rotatable bonds is 7. The quantitative estimate of drug-likeness (QED) is 0.620. The lowest BCUT2D eigenvalue weighted by molar-refractivity contribution is 0.0504. The van der Waals surface area contributed by atoms with Crippen molar-refractivity contribution in [2.75, 3.05) is 32.7 Å². The maximum Gasteiger partial charge on any atom is 0.119 e. The molecular formula is C25H35N5S. The van der Waals surface area contributed by atoms with Gasteiger partial charge in [-0.3, -0.25) is 4.90 Å². The van der Waals surface area contributed by atoms with E-state index in [9.17, 15) is 0 Å². The second-order valence-corrected chi connectivity index (χ2v) is 10.4. The van der Waals surface area contributed by atoms with E-state index in [1.165, 1.54) is 74.3 Å². The minimum absolute atomic E-state index is 0.499. The zero-order chi connectivity index (χ0) is 21.0. The van der Waals surface area contributed by atoms with Crippen LogP contribution in [-0.2, 0) is 12.3 Å². The lowest BCUT2D eigenvalue weighted by Gasteiger charge is -2.44. The molecule has 2 bridgehead atoms. The Kier molecular flexibility index (Phi) is 6.77. The summed E-state index contributed by atoms with van der Waals surface area (Å²) in [7, 11) is 0. The van der Waals surface area contributed by atoms with Crippen LogP contribution in [0.2, 0.25) is 0 Å². The van der Waals surface area contributed by atoms with Crippen molar-refractivity contribution in [2.24, 2.45) is 5.92 Å². The average Bonchev–Trinajstić information content (AvgIpc) is 3.32. The molecule has 0 saturated carbocycles. The van der Waals surface area contributed by atoms with Gasteiger partial charge in [0.15, 0.2) is 0 Å². The van der Waals surface area contributed by atoms with E-state index in [4.69, 9.17) is 0 Å². The predicted octanol–water partition coefficient (Wildman–Crippen LogP) is 4.82. The molecule has 5 nitrogen and oxygen atoms in total. The third kappa shape index (κ3) is 5.07. The summed E-state index contributed by atoms with van der Waals surface area (Å²) in [5.41, 5.74) is 3.82. The van der Waals surface area contributed by atoms with Gasteiger partial charge in [-0.1, -0.05) is 42.0 Å². The van der Waals surface area contributed by atoms with Crippen LogP contribution in [0.3, 0.4) is 0 Å². The van der Waals surface area contributed by atoms with Crippen LogP contribution in [0.25, 0.3) is 4.91 Å². The number of fused-ring (bicyclic) bond motifs is 3. The zero-order valence-corrected chi connectivity index (χ0v) is 19.6. The number of piperidine rings is 4. The molecule has 0 spiro atoms. The maximum absolute atomic E-state index is 4.54. The van der Waals surface area contributed by atoms with Gasteiger partial charge >= 0.3 is 0 Å². The van der Waals surface area contributed by atoms with Gasteiger partial charge in [-0.2, -0.15) is 0 Å². The van der Waals surface area contributed by atoms with Crippen molar-refractivity contribution in [3.05, 3.63) is 53.4 Å². The topological polar surface area (TPSA) is 37.2 Å². The highest BCUT2D eigenvalue weighted by Gasteiger charge is 2.35. The highest BCUT2D eigenvalue weighted by atomic mass is 32.2. The summed E-state index contributed by atoms with van der Waals surface area (Å²) in [6.07, 6.45) is 11.1. The van der Waals surface area contributed by atoms with Gasteiger partial charge in [0.05, 0.1) is 12.2 Å². The van der Waals surface area contributed by atoms with Crippen molar-refractivity contribution >= 4 is 16.7 Å². The number of hydrogen-bond acceptors (Lipinski definition) is 5. The molecule has 1 atom stereocenters. The minimum Gasteiger partial charge on any atom is -0.301 e. The van der Waals surface area contributed by atoms with Crippen LogP contribution in [0.15, 0.2) is 36.5 Å². The lowest BCUT2D eigenvalue weighted by atomic mass is 9.84. The van der Waals surface area contributed by atoms with E-state index in [0.29, 0.717) is 6.04 Å². The first-order chi connectivity index (χ1) is 15.3. The standard InChI is InChI=1S/C25H35N5S/c1-2-25(23-17-30(27-26-23)24-18-29-14-10-22(24)11-15-29)31-19-21-8-6-20(7-9-21)16-28-12-4-3-5-13-28/h2,6-9,17,22,24H,3-5,10-16,18-19H2,1H3/b25-2-. The van der Waals surface area contributed by atoms with Crippen molar-refractivity contribution < 1.29 is 0 Å². The van der Waals surface area contributed by atoms with Crippen LogP contribution in [0.4, 0.5) is 0 Å². The summed E-state index contributed by atoms with van der Waals surface area (Å²) in [5.74, 6) is 1.74. The van der Waals surface area contributed by atoms with Gasteiger partial charge in [0.2, 0.25) is 0 Å². The highest BCUT2D eigenvalue weighted by molar-refractivity contribution is 8.07. The molecule has 31 heavy (non-hydrogen) atoms. The summed E-state index contributed by atoms with van der Waals surface area (Å²) >= 11 is 1.87. The van der Waals surface area contributed by atoms with Gasteiger partial charge in [0.1, 0.15) is 5.69 Å². The molecule has 4 aliphatic rings. The van der Waals surface area contributed by atoms with E-state index in [2.05, 4.69) is 68.3 Å². The largest absolute Gasteiger partial charge is 0.301 e. The first kappa shape index (κ1) is 21.2. The van der Waals surface area contributed by atoms with E-state index in [-0.39, 0.29) is 0 Å². The van der Waals surface area contributed by atoms with Crippen molar-refractivity contribution in [3.63, 3.8) is 0 Å². The van der Waals surface area contributed by atoms with Crippen LogP contribution in [-0.4, -0.2) is 57.5 Å². The second-order valence-electron chi connectivity index (χ2n) is 9.38. The van der Waals surface area contributed by atoms with Gasteiger partial charge in [-0.05, 0) is 75.8 Å². The normalized spacial score (nSPS) is 27.0. The molecule has 0 radical (unpaired) electrons.